The first kappa shape index (κ1) is 14.9. The molecule has 0 amide bonds. The van der Waals surface area contributed by atoms with Gasteiger partial charge in [-0.3, -0.25) is 9.69 Å². The lowest BCUT2D eigenvalue weighted by molar-refractivity contribution is -0.144. The highest BCUT2D eigenvalue weighted by Gasteiger charge is 2.44. The van der Waals surface area contributed by atoms with Crippen LogP contribution in [0.25, 0.3) is 0 Å². The first-order chi connectivity index (χ1) is 8.80. The van der Waals surface area contributed by atoms with Gasteiger partial charge < -0.3 is 5.11 Å². The monoisotopic (exact) mass is 343 g/mol. The number of benzene rings is 1. The maximum Gasteiger partial charge on any atom is 0.321 e. The minimum atomic E-state index is -0.734. The van der Waals surface area contributed by atoms with Crippen molar-refractivity contribution >= 4 is 33.7 Å². The van der Waals surface area contributed by atoms with Gasteiger partial charge in [0, 0.05) is 15.8 Å². The fraction of sp³-hybridized carbons (Fsp3) is 0.500. The molecule has 0 spiro atoms. The Morgan fingerprint density at radius 3 is 2.42 bits per heavy atom. The predicted octanol–water partition coefficient (Wildman–Crippen LogP) is 3.75. The molecule has 0 unspecified atom stereocenters. The predicted molar refractivity (Wildman–Crippen MR) is 82.4 cm³/mol. The van der Waals surface area contributed by atoms with Crippen LogP contribution in [0.4, 0.5) is 0 Å². The van der Waals surface area contributed by atoms with E-state index in [1.54, 1.807) is 11.8 Å². The summed E-state index contributed by atoms with van der Waals surface area (Å²) >= 11 is 5.13. The molecule has 19 heavy (non-hydrogen) atoms. The standard InChI is InChI=1S/C14H18BrNO2S/c1-14(2,3)16-11(13(17)18)8-19-12(16)9-4-6-10(15)7-5-9/h4-7,11-12H,8H2,1-3H3,(H,17,18)/t11-,12+/m0/s1. The van der Waals surface area contributed by atoms with Gasteiger partial charge in [0.05, 0.1) is 5.37 Å². The Bertz CT molecular complexity index is 469. The number of hydrogen-bond donors (Lipinski definition) is 1. The summed E-state index contributed by atoms with van der Waals surface area (Å²) in [7, 11) is 0. The minimum absolute atomic E-state index is 0.106. The van der Waals surface area contributed by atoms with Gasteiger partial charge in [-0.05, 0) is 38.5 Å². The number of carbonyl (C=O) groups is 1. The summed E-state index contributed by atoms with van der Waals surface area (Å²) in [5, 5.41) is 9.50. The summed E-state index contributed by atoms with van der Waals surface area (Å²) in [6.07, 6.45) is 0. The average Bonchev–Trinajstić information content (AvgIpc) is 2.74. The quantitative estimate of drug-likeness (QED) is 0.887. The van der Waals surface area contributed by atoms with Gasteiger partial charge in [-0.25, -0.2) is 0 Å². The van der Waals surface area contributed by atoms with Crippen molar-refractivity contribution in [3.63, 3.8) is 0 Å². The van der Waals surface area contributed by atoms with Crippen LogP contribution in [0.5, 0.6) is 0 Å². The highest BCUT2D eigenvalue weighted by atomic mass is 79.9. The molecular weight excluding hydrogens is 326 g/mol. The smallest absolute Gasteiger partial charge is 0.321 e. The number of halogens is 1. The van der Waals surface area contributed by atoms with E-state index < -0.39 is 12.0 Å². The van der Waals surface area contributed by atoms with Crippen LogP contribution in [-0.4, -0.2) is 33.3 Å². The van der Waals surface area contributed by atoms with Crippen LogP contribution in [0.15, 0.2) is 28.7 Å². The van der Waals surface area contributed by atoms with Crippen molar-refractivity contribution in [2.45, 2.75) is 37.7 Å². The van der Waals surface area contributed by atoms with E-state index in [-0.39, 0.29) is 10.9 Å². The molecule has 2 rings (SSSR count). The van der Waals surface area contributed by atoms with Gasteiger partial charge >= 0.3 is 5.97 Å². The van der Waals surface area contributed by atoms with E-state index in [1.165, 1.54) is 0 Å². The second-order valence-corrected chi connectivity index (χ2v) is 7.70. The average molecular weight is 344 g/mol. The van der Waals surface area contributed by atoms with Crippen molar-refractivity contribution in [1.82, 2.24) is 4.90 Å². The van der Waals surface area contributed by atoms with Crippen LogP contribution in [0.1, 0.15) is 31.7 Å². The Morgan fingerprint density at radius 1 is 1.37 bits per heavy atom. The topological polar surface area (TPSA) is 40.5 Å². The lowest BCUT2D eigenvalue weighted by atomic mass is 10.0. The maximum absolute atomic E-state index is 11.4. The van der Waals surface area contributed by atoms with Crippen LogP contribution in [-0.2, 0) is 4.79 Å². The molecule has 0 aromatic heterocycles. The summed E-state index contributed by atoms with van der Waals surface area (Å²) in [4.78, 5) is 13.5. The first-order valence-electron chi connectivity index (χ1n) is 6.19. The number of aliphatic carboxylic acids is 1. The van der Waals surface area contributed by atoms with Gasteiger partial charge in [-0.15, -0.1) is 11.8 Å². The molecule has 3 nitrogen and oxygen atoms in total. The van der Waals surface area contributed by atoms with E-state index in [2.05, 4.69) is 53.7 Å². The molecule has 0 bridgehead atoms. The summed E-state index contributed by atoms with van der Waals surface area (Å²) in [5.41, 5.74) is 0.983. The Hall–Kier alpha value is -0.520. The molecule has 1 aromatic rings. The molecule has 1 saturated heterocycles. The molecule has 1 fully saturated rings. The lowest BCUT2D eigenvalue weighted by Gasteiger charge is -2.39. The van der Waals surface area contributed by atoms with Crippen molar-refractivity contribution in [2.75, 3.05) is 5.75 Å². The van der Waals surface area contributed by atoms with Crippen LogP contribution in [0.3, 0.4) is 0 Å². The molecule has 1 aliphatic rings. The molecule has 104 valence electrons. The summed E-state index contributed by atoms with van der Waals surface area (Å²) < 4.78 is 1.04. The van der Waals surface area contributed by atoms with Gasteiger partial charge in [-0.2, -0.15) is 0 Å². The number of carboxylic acids is 1. The molecule has 0 saturated carbocycles. The van der Waals surface area contributed by atoms with E-state index in [4.69, 9.17) is 0 Å². The fourth-order valence-corrected chi connectivity index (χ4v) is 4.31. The van der Waals surface area contributed by atoms with Crippen LogP contribution in [0.2, 0.25) is 0 Å². The summed E-state index contributed by atoms with van der Waals surface area (Å²) in [5.74, 6) is -0.102. The Labute approximate surface area is 126 Å². The van der Waals surface area contributed by atoms with Gasteiger partial charge in [0.15, 0.2) is 0 Å². The van der Waals surface area contributed by atoms with Crippen molar-refractivity contribution in [1.29, 1.82) is 0 Å². The Balaban J connectivity index is 2.34. The molecule has 5 heteroatoms. The van der Waals surface area contributed by atoms with Gasteiger partial charge in [0.25, 0.3) is 0 Å². The van der Waals surface area contributed by atoms with E-state index in [0.29, 0.717) is 5.75 Å². The normalized spacial score (nSPS) is 24.6. The van der Waals surface area contributed by atoms with Gasteiger partial charge in [0.2, 0.25) is 0 Å². The zero-order valence-corrected chi connectivity index (χ0v) is 13.7. The molecule has 2 atom stereocenters. The van der Waals surface area contributed by atoms with E-state index in [9.17, 15) is 9.90 Å². The molecule has 1 N–H and O–H groups in total. The zero-order valence-electron chi connectivity index (χ0n) is 11.3. The third-order valence-electron chi connectivity index (χ3n) is 3.22. The van der Waals surface area contributed by atoms with E-state index in [0.717, 1.165) is 10.0 Å². The lowest BCUT2D eigenvalue weighted by Crippen LogP contribution is -2.49. The third kappa shape index (κ3) is 3.15. The molecule has 1 aromatic carbocycles. The minimum Gasteiger partial charge on any atom is -0.480 e. The number of thioether (sulfide) groups is 1. The van der Waals surface area contributed by atoms with E-state index in [1.807, 2.05) is 12.1 Å². The number of carboxylic acid groups (broad SMARTS) is 1. The van der Waals surface area contributed by atoms with Crippen LogP contribution < -0.4 is 0 Å². The van der Waals surface area contributed by atoms with Gasteiger partial charge in [0.1, 0.15) is 6.04 Å². The van der Waals surface area contributed by atoms with Crippen molar-refractivity contribution in [3.05, 3.63) is 34.3 Å². The van der Waals surface area contributed by atoms with Crippen LogP contribution in [0, 0.1) is 0 Å². The largest absolute Gasteiger partial charge is 0.480 e. The zero-order chi connectivity index (χ0) is 14.2. The van der Waals surface area contributed by atoms with Crippen molar-refractivity contribution in [3.8, 4) is 0 Å². The maximum atomic E-state index is 11.4. The molecule has 1 heterocycles. The van der Waals surface area contributed by atoms with Crippen LogP contribution >= 0.6 is 27.7 Å². The van der Waals surface area contributed by atoms with E-state index >= 15 is 0 Å². The number of hydrogen-bond acceptors (Lipinski definition) is 3. The summed E-state index contributed by atoms with van der Waals surface area (Å²) in [6, 6.07) is 7.71. The molecular formula is C14H18BrNO2S. The molecule has 1 aliphatic heterocycles. The molecule has 0 radical (unpaired) electrons. The van der Waals surface area contributed by atoms with Crippen molar-refractivity contribution in [2.24, 2.45) is 0 Å². The highest BCUT2D eigenvalue weighted by molar-refractivity contribution is 9.10. The number of nitrogens with zero attached hydrogens (tertiary/aromatic N) is 1. The number of rotatable bonds is 2. The Kier molecular flexibility index (Phi) is 4.28. The molecule has 0 aliphatic carbocycles. The SMILES string of the molecule is CC(C)(C)N1[C@@H](c2ccc(Br)cc2)SC[C@H]1C(=O)O. The third-order valence-corrected chi connectivity index (χ3v) is 5.07. The highest BCUT2D eigenvalue weighted by Crippen LogP contribution is 2.45. The second kappa shape index (κ2) is 5.46. The second-order valence-electron chi connectivity index (χ2n) is 5.67. The first-order valence-corrected chi connectivity index (χ1v) is 8.03. The van der Waals surface area contributed by atoms with Crippen molar-refractivity contribution < 1.29 is 9.90 Å². The van der Waals surface area contributed by atoms with Gasteiger partial charge in [-0.1, -0.05) is 28.1 Å². The summed E-state index contributed by atoms with van der Waals surface area (Å²) in [6.45, 7) is 6.21. The fourth-order valence-electron chi connectivity index (χ4n) is 2.40. The Morgan fingerprint density at radius 2 is 1.95 bits per heavy atom.